The highest BCUT2D eigenvalue weighted by Crippen LogP contribution is 2.27. The Kier molecular flexibility index (Phi) is 4.49. The van der Waals surface area contributed by atoms with E-state index in [9.17, 15) is 4.79 Å². The van der Waals surface area contributed by atoms with Gasteiger partial charge < -0.3 is 10.1 Å². The molecule has 0 radical (unpaired) electrons. The molecule has 1 amide bonds. The second-order valence-electron chi connectivity index (χ2n) is 4.58. The molecule has 0 atom stereocenters. The number of aromatic nitrogens is 4. The van der Waals surface area contributed by atoms with Crippen LogP contribution in [0.3, 0.4) is 0 Å². The largest absolute Gasteiger partial charge is 0.484 e. The maximum absolute atomic E-state index is 12.1. The topological polar surface area (TPSA) is 92.8 Å². The minimum Gasteiger partial charge on any atom is -0.484 e. The number of nitrogens with zero attached hydrogens (tertiary/aromatic N) is 3. The molecular formula is C15H12ClN5O2. The van der Waals surface area contributed by atoms with E-state index in [1.165, 1.54) is 0 Å². The standard InChI is InChI=1S/C15H12ClN5O2/c16-10-6-7-12(15-18-20-21-19-15)13(8-10)17-14(22)9-23-11-4-2-1-3-5-11/h1-8H,9H2,(H,17,22)(H,18,19,20,21). The van der Waals surface area contributed by atoms with Crippen LogP contribution in [0.5, 0.6) is 5.75 Å². The number of halogens is 1. The first kappa shape index (κ1) is 15.0. The number of ether oxygens (including phenoxy) is 1. The van der Waals surface area contributed by atoms with Crippen LogP contribution >= 0.6 is 11.6 Å². The molecule has 23 heavy (non-hydrogen) atoms. The highest BCUT2D eigenvalue weighted by atomic mass is 35.5. The van der Waals surface area contributed by atoms with Crippen molar-refractivity contribution >= 4 is 23.2 Å². The predicted octanol–water partition coefficient (Wildman–Crippen LogP) is 2.54. The van der Waals surface area contributed by atoms with Crippen LogP contribution in [0, 0.1) is 0 Å². The maximum Gasteiger partial charge on any atom is 0.262 e. The first-order chi connectivity index (χ1) is 11.2. The molecule has 0 spiro atoms. The van der Waals surface area contributed by atoms with Crippen LogP contribution in [-0.2, 0) is 4.79 Å². The number of aromatic amines is 1. The number of tetrazole rings is 1. The number of amides is 1. The fraction of sp³-hybridized carbons (Fsp3) is 0.0667. The van der Waals surface area contributed by atoms with Gasteiger partial charge in [0.2, 0.25) is 5.82 Å². The van der Waals surface area contributed by atoms with E-state index in [0.717, 1.165) is 0 Å². The van der Waals surface area contributed by atoms with Crippen LogP contribution in [0.15, 0.2) is 48.5 Å². The summed E-state index contributed by atoms with van der Waals surface area (Å²) in [6.07, 6.45) is 0. The van der Waals surface area contributed by atoms with Gasteiger partial charge in [-0.05, 0) is 35.5 Å². The Hall–Kier alpha value is -2.93. The van der Waals surface area contributed by atoms with Crippen LogP contribution < -0.4 is 10.1 Å². The smallest absolute Gasteiger partial charge is 0.262 e. The summed E-state index contributed by atoms with van der Waals surface area (Å²) in [7, 11) is 0. The quantitative estimate of drug-likeness (QED) is 0.750. The number of para-hydroxylation sites is 1. The Labute approximate surface area is 136 Å². The van der Waals surface area contributed by atoms with Gasteiger partial charge in [0.1, 0.15) is 5.75 Å². The molecule has 1 heterocycles. The lowest BCUT2D eigenvalue weighted by molar-refractivity contribution is -0.118. The molecule has 8 heteroatoms. The number of nitrogens with one attached hydrogen (secondary N) is 2. The van der Waals surface area contributed by atoms with Crippen molar-refractivity contribution in [2.75, 3.05) is 11.9 Å². The number of rotatable bonds is 5. The van der Waals surface area contributed by atoms with Crippen molar-refractivity contribution in [2.24, 2.45) is 0 Å². The van der Waals surface area contributed by atoms with E-state index in [-0.39, 0.29) is 12.5 Å². The van der Waals surface area contributed by atoms with Crippen molar-refractivity contribution in [3.05, 3.63) is 53.6 Å². The van der Waals surface area contributed by atoms with E-state index < -0.39 is 0 Å². The fourth-order valence-corrected chi connectivity index (χ4v) is 2.11. The third-order valence-electron chi connectivity index (χ3n) is 2.96. The molecule has 0 aliphatic heterocycles. The predicted molar refractivity (Wildman–Crippen MR) is 85.2 cm³/mol. The summed E-state index contributed by atoms with van der Waals surface area (Å²) < 4.78 is 5.41. The second-order valence-corrected chi connectivity index (χ2v) is 5.01. The van der Waals surface area contributed by atoms with Crippen molar-refractivity contribution in [1.82, 2.24) is 20.6 Å². The maximum atomic E-state index is 12.1. The van der Waals surface area contributed by atoms with Crippen molar-refractivity contribution in [3.63, 3.8) is 0 Å². The number of hydrogen-bond acceptors (Lipinski definition) is 5. The molecule has 0 aliphatic rings. The average Bonchev–Trinajstić information content (AvgIpc) is 3.08. The number of carbonyl (C=O) groups is 1. The van der Waals surface area contributed by atoms with Crippen LogP contribution in [0.4, 0.5) is 5.69 Å². The summed E-state index contributed by atoms with van der Waals surface area (Å²) in [6.45, 7) is -0.123. The molecule has 0 saturated carbocycles. The minimum atomic E-state index is -0.319. The Bertz CT molecular complexity index is 793. The Morgan fingerprint density at radius 2 is 2.04 bits per heavy atom. The first-order valence-electron chi connectivity index (χ1n) is 6.73. The minimum absolute atomic E-state index is 0.123. The Morgan fingerprint density at radius 3 is 2.78 bits per heavy atom. The molecule has 3 aromatic rings. The SMILES string of the molecule is O=C(COc1ccccc1)Nc1cc(Cl)ccc1-c1nn[nH]n1. The highest BCUT2D eigenvalue weighted by Gasteiger charge is 2.13. The molecule has 3 rings (SSSR count). The van der Waals surface area contributed by atoms with Crippen LogP contribution in [0.2, 0.25) is 5.02 Å². The lowest BCUT2D eigenvalue weighted by Gasteiger charge is -2.10. The lowest BCUT2D eigenvalue weighted by Crippen LogP contribution is -2.20. The van der Waals surface area contributed by atoms with E-state index in [2.05, 4.69) is 25.9 Å². The molecule has 0 bridgehead atoms. The summed E-state index contributed by atoms with van der Waals surface area (Å²) in [5, 5.41) is 16.9. The summed E-state index contributed by atoms with van der Waals surface area (Å²) in [5.74, 6) is 0.661. The molecule has 0 aliphatic carbocycles. The van der Waals surface area contributed by atoms with Crippen molar-refractivity contribution in [1.29, 1.82) is 0 Å². The monoisotopic (exact) mass is 329 g/mol. The normalized spacial score (nSPS) is 10.3. The van der Waals surface area contributed by atoms with Gasteiger partial charge in [-0.2, -0.15) is 5.21 Å². The molecule has 0 fully saturated rings. The molecule has 1 aromatic heterocycles. The molecule has 2 aromatic carbocycles. The summed E-state index contributed by atoms with van der Waals surface area (Å²) in [6, 6.07) is 14.1. The summed E-state index contributed by atoms with van der Waals surface area (Å²) in [5.41, 5.74) is 1.09. The zero-order valence-corrected chi connectivity index (χ0v) is 12.6. The van der Waals surface area contributed by atoms with Gasteiger partial charge in [0, 0.05) is 10.6 Å². The Morgan fingerprint density at radius 1 is 1.22 bits per heavy atom. The van der Waals surface area contributed by atoms with Gasteiger partial charge in [0.15, 0.2) is 6.61 Å². The number of benzene rings is 2. The van der Waals surface area contributed by atoms with Gasteiger partial charge in [-0.1, -0.05) is 29.8 Å². The Balaban J connectivity index is 1.72. The third-order valence-corrected chi connectivity index (χ3v) is 3.19. The summed E-state index contributed by atoms with van der Waals surface area (Å²) >= 11 is 5.99. The van der Waals surface area contributed by atoms with Gasteiger partial charge in [-0.15, -0.1) is 10.2 Å². The van der Waals surface area contributed by atoms with E-state index in [1.807, 2.05) is 18.2 Å². The van der Waals surface area contributed by atoms with Crippen LogP contribution in [0.25, 0.3) is 11.4 Å². The summed E-state index contributed by atoms with van der Waals surface area (Å²) in [4.78, 5) is 12.1. The second kappa shape index (κ2) is 6.89. The van der Waals surface area contributed by atoms with E-state index >= 15 is 0 Å². The van der Waals surface area contributed by atoms with Gasteiger partial charge in [0.25, 0.3) is 5.91 Å². The van der Waals surface area contributed by atoms with Crippen LogP contribution in [-0.4, -0.2) is 33.1 Å². The van der Waals surface area contributed by atoms with Gasteiger partial charge in [-0.25, -0.2) is 0 Å². The number of H-pyrrole nitrogens is 1. The zero-order valence-electron chi connectivity index (χ0n) is 11.9. The van der Waals surface area contributed by atoms with Crippen LogP contribution in [0.1, 0.15) is 0 Å². The van der Waals surface area contributed by atoms with Crippen molar-refractivity contribution in [2.45, 2.75) is 0 Å². The molecule has 2 N–H and O–H groups in total. The van der Waals surface area contributed by atoms with E-state index in [0.29, 0.717) is 27.8 Å². The molecule has 7 nitrogen and oxygen atoms in total. The number of hydrogen-bond donors (Lipinski definition) is 2. The van der Waals surface area contributed by atoms with Gasteiger partial charge in [-0.3, -0.25) is 4.79 Å². The number of anilines is 1. The van der Waals surface area contributed by atoms with Gasteiger partial charge in [0.05, 0.1) is 5.69 Å². The highest BCUT2D eigenvalue weighted by molar-refractivity contribution is 6.31. The third kappa shape index (κ3) is 3.83. The van der Waals surface area contributed by atoms with Gasteiger partial charge >= 0.3 is 0 Å². The van der Waals surface area contributed by atoms with Crippen molar-refractivity contribution in [3.8, 4) is 17.1 Å². The molecule has 0 saturated heterocycles. The number of carbonyl (C=O) groups excluding carboxylic acids is 1. The van der Waals surface area contributed by atoms with Crippen molar-refractivity contribution < 1.29 is 9.53 Å². The average molecular weight is 330 g/mol. The first-order valence-corrected chi connectivity index (χ1v) is 7.11. The van der Waals surface area contributed by atoms with E-state index in [4.69, 9.17) is 16.3 Å². The lowest BCUT2D eigenvalue weighted by atomic mass is 10.1. The molecule has 0 unspecified atom stereocenters. The molecule has 116 valence electrons. The fourth-order valence-electron chi connectivity index (χ4n) is 1.94. The molecular weight excluding hydrogens is 318 g/mol. The van der Waals surface area contributed by atoms with E-state index in [1.54, 1.807) is 30.3 Å². The zero-order chi connectivity index (χ0) is 16.1.